The molecular formula is C13H13N3O2S. The summed E-state index contributed by atoms with van der Waals surface area (Å²) in [5.74, 6) is 2.14. The third-order valence-electron chi connectivity index (χ3n) is 2.85. The molecule has 0 fully saturated rings. The van der Waals surface area contributed by atoms with Gasteiger partial charge < -0.3 is 20.2 Å². The predicted molar refractivity (Wildman–Crippen MR) is 76.9 cm³/mol. The first-order valence-electron chi connectivity index (χ1n) is 5.68. The summed E-state index contributed by atoms with van der Waals surface area (Å²) in [4.78, 5) is 8.81. The number of nitrogens with two attached hydrogens (primary N) is 1. The molecule has 0 aliphatic rings. The van der Waals surface area contributed by atoms with Crippen molar-refractivity contribution in [3.05, 3.63) is 24.3 Å². The molecule has 1 aromatic carbocycles. The van der Waals surface area contributed by atoms with Gasteiger partial charge in [0.1, 0.15) is 5.82 Å². The maximum absolute atomic E-state index is 5.74. The zero-order valence-electron chi connectivity index (χ0n) is 10.6. The molecule has 3 aromatic rings. The topological polar surface area (TPSA) is 73.2 Å². The molecule has 0 aliphatic carbocycles. The van der Waals surface area contributed by atoms with Crippen LogP contribution in [0.4, 0.5) is 5.00 Å². The average molecular weight is 275 g/mol. The van der Waals surface area contributed by atoms with Crippen LogP contribution in [0.25, 0.3) is 21.7 Å². The lowest BCUT2D eigenvalue weighted by atomic mass is 10.3. The zero-order chi connectivity index (χ0) is 13.4. The number of methoxy groups -OCH3 is 2. The molecule has 3 rings (SSSR count). The lowest BCUT2D eigenvalue weighted by Gasteiger charge is -2.06. The number of nitrogen functional groups attached to an aromatic ring is 1. The Bertz CT molecular complexity index is 692. The van der Waals surface area contributed by atoms with Crippen LogP contribution in [0.5, 0.6) is 11.5 Å². The fourth-order valence-corrected chi connectivity index (χ4v) is 2.65. The minimum absolute atomic E-state index is 0.666. The van der Waals surface area contributed by atoms with Gasteiger partial charge in [-0.3, -0.25) is 0 Å². The number of thiophene rings is 1. The van der Waals surface area contributed by atoms with Crippen LogP contribution < -0.4 is 15.2 Å². The van der Waals surface area contributed by atoms with E-state index in [1.165, 1.54) is 11.3 Å². The fraction of sp³-hybridized carbons (Fsp3) is 0.154. The number of aromatic nitrogens is 2. The third-order valence-corrected chi connectivity index (χ3v) is 3.77. The molecule has 2 heterocycles. The Morgan fingerprint density at radius 3 is 2.53 bits per heavy atom. The second-order valence-corrected chi connectivity index (χ2v) is 5.13. The monoisotopic (exact) mass is 275 g/mol. The molecule has 98 valence electrons. The first kappa shape index (κ1) is 11.9. The fourth-order valence-electron chi connectivity index (χ4n) is 1.93. The Kier molecular flexibility index (Phi) is 2.79. The molecular weight excluding hydrogens is 262 g/mol. The molecule has 5 nitrogen and oxygen atoms in total. The van der Waals surface area contributed by atoms with E-state index < -0.39 is 0 Å². The van der Waals surface area contributed by atoms with Crippen LogP contribution >= 0.6 is 11.3 Å². The van der Waals surface area contributed by atoms with E-state index in [1.54, 1.807) is 14.2 Å². The summed E-state index contributed by atoms with van der Waals surface area (Å²) in [6.07, 6.45) is 0. The maximum atomic E-state index is 5.74. The van der Waals surface area contributed by atoms with E-state index >= 15 is 0 Å². The van der Waals surface area contributed by atoms with Crippen molar-refractivity contribution in [2.24, 2.45) is 0 Å². The molecule has 0 aliphatic heterocycles. The highest BCUT2D eigenvalue weighted by Crippen LogP contribution is 2.34. The van der Waals surface area contributed by atoms with Crippen LogP contribution in [0.1, 0.15) is 0 Å². The summed E-state index contributed by atoms with van der Waals surface area (Å²) in [7, 11) is 3.22. The molecule has 19 heavy (non-hydrogen) atoms. The number of fused-ring (bicyclic) bond motifs is 1. The van der Waals surface area contributed by atoms with Crippen molar-refractivity contribution >= 4 is 27.4 Å². The van der Waals surface area contributed by atoms with Crippen molar-refractivity contribution in [2.45, 2.75) is 0 Å². The van der Waals surface area contributed by atoms with Crippen LogP contribution in [0, 0.1) is 0 Å². The number of imidazole rings is 1. The van der Waals surface area contributed by atoms with Gasteiger partial charge in [0, 0.05) is 12.1 Å². The molecule has 6 heteroatoms. The van der Waals surface area contributed by atoms with Gasteiger partial charge >= 0.3 is 0 Å². The number of aromatic amines is 1. The van der Waals surface area contributed by atoms with Crippen molar-refractivity contribution in [3.63, 3.8) is 0 Å². The highest BCUT2D eigenvalue weighted by molar-refractivity contribution is 7.19. The lowest BCUT2D eigenvalue weighted by molar-refractivity contribution is 0.356. The smallest absolute Gasteiger partial charge is 0.163 e. The van der Waals surface area contributed by atoms with Gasteiger partial charge in [0.05, 0.1) is 35.1 Å². The van der Waals surface area contributed by atoms with Crippen LogP contribution in [0.3, 0.4) is 0 Å². The van der Waals surface area contributed by atoms with E-state index in [9.17, 15) is 0 Å². The quantitative estimate of drug-likeness (QED) is 0.771. The number of nitrogens with zero attached hydrogens (tertiary/aromatic N) is 1. The van der Waals surface area contributed by atoms with Crippen molar-refractivity contribution in [1.82, 2.24) is 9.97 Å². The molecule has 0 unspecified atom stereocenters. The molecule has 0 saturated heterocycles. The van der Waals surface area contributed by atoms with Gasteiger partial charge in [-0.2, -0.15) is 0 Å². The van der Waals surface area contributed by atoms with Gasteiger partial charge in [0.25, 0.3) is 0 Å². The van der Waals surface area contributed by atoms with E-state index in [-0.39, 0.29) is 0 Å². The van der Waals surface area contributed by atoms with E-state index in [2.05, 4.69) is 9.97 Å². The number of rotatable bonds is 3. The van der Waals surface area contributed by atoms with E-state index in [1.807, 2.05) is 24.3 Å². The molecule has 0 bridgehead atoms. The van der Waals surface area contributed by atoms with Crippen molar-refractivity contribution < 1.29 is 9.47 Å². The predicted octanol–water partition coefficient (Wildman–Crippen LogP) is 2.89. The average Bonchev–Trinajstić information content (AvgIpc) is 3.02. The Morgan fingerprint density at radius 2 is 1.89 bits per heavy atom. The second kappa shape index (κ2) is 4.47. The molecule has 0 amide bonds. The summed E-state index contributed by atoms with van der Waals surface area (Å²) in [5, 5.41) is 0.769. The minimum Gasteiger partial charge on any atom is -0.493 e. The number of hydrogen-bond donors (Lipinski definition) is 2. The number of ether oxygens (including phenoxy) is 2. The normalized spacial score (nSPS) is 10.8. The van der Waals surface area contributed by atoms with Gasteiger partial charge in [-0.25, -0.2) is 4.98 Å². The van der Waals surface area contributed by atoms with Crippen LogP contribution in [-0.2, 0) is 0 Å². The van der Waals surface area contributed by atoms with Gasteiger partial charge in [0.15, 0.2) is 11.5 Å². The first-order chi connectivity index (χ1) is 9.21. The molecule has 2 aromatic heterocycles. The second-order valence-electron chi connectivity index (χ2n) is 4.01. The Morgan fingerprint density at radius 1 is 1.16 bits per heavy atom. The van der Waals surface area contributed by atoms with E-state index in [0.717, 1.165) is 26.7 Å². The first-order valence-corrected chi connectivity index (χ1v) is 6.50. The number of hydrogen-bond acceptors (Lipinski definition) is 5. The molecule has 0 atom stereocenters. The van der Waals surface area contributed by atoms with Crippen molar-refractivity contribution in [3.8, 4) is 22.2 Å². The third kappa shape index (κ3) is 2.00. The Hall–Kier alpha value is -2.21. The summed E-state index contributed by atoms with van der Waals surface area (Å²) < 4.78 is 10.5. The largest absolute Gasteiger partial charge is 0.493 e. The summed E-state index contributed by atoms with van der Waals surface area (Å²) in [5.41, 5.74) is 7.47. The highest BCUT2D eigenvalue weighted by atomic mass is 32.1. The lowest BCUT2D eigenvalue weighted by Crippen LogP contribution is -1.89. The van der Waals surface area contributed by atoms with Gasteiger partial charge in [-0.05, 0) is 12.1 Å². The molecule has 0 spiro atoms. The maximum Gasteiger partial charge on any atom is 0.163 e. The van der Waals surface area contributed by atoms with Crippen molar-refractivity contribution in [1.29, 1.82) is 0 Å². The van der Waals surface area contributed by atoms with Crippen LogP contribution in [-0.4, -0.2) is 24.2 Å². The van der Waals surface area contributed by atoms with E-state index in [4.69, 9.17) is 15.2 Å². The van der Waals surface area contributed by atoms with Crippen LogP contribution in [0.15, 0.2) is 24.3 Å². The highest BCUT2D eigenvalue weighted by Gasteiger charge is 2.11. The number of H-pyrrole nitrogens is 1. The van der Waals surface area contributed by atoms with Crippen LogP contribution in [0.2, 0.25) is 0 Å². The molecule has 0 saturated carbocycles. The minimum atomic E-state index is 0.666. The molecule has 0 radical (unpaired) electrons. The summed E-state index contributed by atoms with van der Waals surface area (Å²) in [6.45, 7) is 0. The Balaban J connectivity index is 2.15. The number of nitrogens with one attached hydrogen (secondary N) is 1. The summed E-state index contributed by atoms with van der Waals surface area (Å²) >= 11 is 1.50. The van der Waals surface area contributed by atoms with Crippen molar-refractivity contribution in [2.75, 3.05) is 20.0 Å². The standard InChI is InChI=1S/C13H13N3O2S/c1-17-9-5-7-8(6-10(9)18-2)16-13(15-7)11-3-4-12(14)19-11/h3-6H,14H2,1-2H3,(H,15,16). The van der Waals surface area contributed by atoms with Gasteiger partial charge in [-0.15, -0.1) is 11.3 Å². The summed E-state index contributed by atoms with van der Waals surface area (Å²) in [6, 6.07) is 7.55. The van der Waals surface area contributed by atoms with E-state index in [0.29, 0.717) is 11.5 Å². The number of anilines is 1. The number of benzene rings is 1. The molecule has 3 N–H and O–H groups in total. The SMILES string of the molecule is COc1cc2nc(-c3ccc(N)s3)[nH]c2cc1OC. The van der Waals surface area contributed by atoms with Gasteiger partial charge in [0.2, 0.25) is 0 Å². The van der Waals surface area contributed by atoms with Gasteiger partial charge in [-0.1, -0.05) is 0 Å². The zero-order valence-corrected chi connectivity index (χ0v) is 11.4. The Labute approximate surface area is 114 Å².